The Kier molecular flexibility index (Phi) is 2.70. The first-order valence-electron chi connectivity index (χ1n) is 7.49. The van der Waals surface area contributed by atoms with Crippen LogP contribution in [-0.4, -0.2) is 33.7 Å². The predicted octanol–water partition coefficient (Wildman–Crippen LogP) is 1.53. The van der Waals surface area contributed by atoms with Crippen molar-refractivity contribution < 1.29 is 0 Å². The summed E-state index contributed by atoms with van der Waals surface area (Å²) in [7, 11) is 2.03. The van der Waals surface area contributed by atoms with Gasteiger partial charge in [0.1, 0.15) is 5.52 Å². The van der Waals surface area contributed by atoms with Crippen molar-refractivity contribution in [3.8, 4) is 0 Å². The average molecular weight is 271 g/mol. The number of anilines is 1. The molecule has 5 nitrogen and oxygen atoms in total. The fourth-order valence-electron chi connectivity index (χ4n) is 3.92. The van der Waals surface area contributed by atoms with Gasteiger partial charge in [-0.15, -0.1) is 0 Å². The summed E-state index contributed by atoms with van der Waals surface area (Å²) in [6, 6.07) is 2.43. The number of hydrogen-bond acceptors (Lipinski definition) is 4. The molecule has 0 radical (unpaired) electrons. The van der Waals surface area contributed by atoms with Crippen molar-refractivity contribution in [1.29, 1.82) is 0 Å². The first kappa shape index (κ1) is 12.1. The monoisotopic (exact) mass is 271 g/mol. The summed E-state index contributed by atoms with van der Waals surface area (Å²) in [5, 5.41) is 0. The van der Waals surface area contributed by atoms with Gasteiger partial charge in [0.15, 0.2) is 5.82 Å². The van der Waals surface area contributed by atoms with Gasteiger partial charge in [-0.25, -0.2) is 9.97 Å². The molecule has 106 valence electrons. The summed E-state index contributed by atoms with van der Waals surface area (Å²) in [6.45, 7) is 2.20. The minimum Gasteiger partial charge on any atom is -0.354 e. The maximum absolute atomic E-state index is 6.12. The maximum atomic E-state index is 6.12. The number of aryl methyl sites for hydroxylation is 1. The third-order valence-corrected chi connectivity index (χ3v) is 5.01. The minimum absolute atomic E-state index is 0.398. The molecule has 2 aliphatic rings. The van der Waals surface area contributed by atoms with Crippen molar-refractivity contribution in [1.82, 2.24) is 14.5 Å². The Morgan fingerprint density at radius 2 is 2.05 bits per heavy atom. The van der Waals surface area contributed by atoms with Gasteiger partial charge in [-0.2, -0.15) is 0 Å². The number of aromatic nitrogens is 3. The highest BCUT2D eigenvalue weighted by Gasteiger charge is 2.37. The quantitative estimate of drug-likeness (QED) is 0.854. The van der Waals surface area contributed by atoms with E-state index >= 15 is 0 Å². The van der Waals surface area contributed by atoms with Crippen LogP contribution in [0.25, 0.3) is 11.0 Å². The van der Waals surface area contributed by atoms with Crippen molar-refractivity contribution in [2.24, 2.45) is 24.6 Å². The third kappa shape index (κ3) is 1.80. The highest BCUT2D eigenvalue weighted by Crippen LogP contribution is 2.38. The number of nitrogens with two attached hydrogens (primary N) is 1. The van der Waals surface area contributed by atoms with Crippen LogP contribution in [0.15, 0.2) is 18.6 Å². The van der Waals surface area contributed by atoms with Crippen LogP contribution in [-0.2, 0) is 7.05 Å². The Bertz CT molecular complexity index is 634. The fourth-order valence-corrected chi connectivity index (χ4v) is 3.92. The van der Waals surface area contributed by atoms with Crippen LogP contribution in [0.1, 0.15) is 19.3 Å². The number of fused-ring (bicyclic) bond motifs is 2. The lowest BCUT2D eigenvalue weighted by atomic mass is 9.79. The Balaban J connectivity index is 1.67. The number of pyridine rings is 1. The van der Waals surface area contributed by atoms with E-state index in [1.54, 1.807) is 0 Å². The molecular formula is C15H21N5. The lowest BCUT2D eigenvalue weighted by Gasteiger charge is -2.27. The second-order valence-corrected chi connectivity index (χ2v) is 6.36. The molecule has 0 amide bonds. The van der Waals surface area contributed by atoms with Crippen molar-refractivity contribution >= 4 is 16.9 Å². The number of hydrogen-bond donors (Lipinski definition) is 1. The molecule has 0 aromatic carbocycles. The first-order chi connectivity index (χ1) is 9.72. The molecule has 4 rings (SSSR count). The molecule has 1 aliphatic heterocycles. The highest BCUT2D eigenvalue weighted by atomic mass is 15.2. The molecule has 1 saturated carbocycles. The number of nitrogens with zero attached hydrogens (tertiary/aromatic N) is 4. The number of rotatable bonds is 1. The van der Waals surface area contributed by atoms with Gasteiger partial charge in [0.2, 0.25) is 0 Å². The van der Waals surface area contributed by atoms with Gasteiger partial charge in [-0.05, 0) is 37.2 Å². The molecule has 3 heterocycles. The van der Waals surface area contributed by atoms with Crippen LogP contribution in [0.2, 0.25) is 0 Å². The third-order valence-electron chi connectivity index (χ3n) is 5.01. The molecule has 2 fully saturated rings. The van der Waals surface area contributed by atoms with Crippen LogP contribution in [0.5, 0.6) is 0 Å². The molecule has 20 heavy (non-hydrogen) atoms. The largest absolute Gasteiger partial charge is 0.354 e. The first-order valence-corrected chi connectivity index (χ1v) is 7.49. The fraction of sp³-hybridized carbons (Fsp3) is 0.600. The van der Waals surface area contributed by atoms with E-state index in [4.69, 9.17) is 5.73 Å². The van der Waals surface area contributed by atoms with Crippen molar-refractivity contribution in [2.75, 3.05) is 18.0 Å². The Hall–Kier alpha value is -1.62. The van der Waals surface area contributed by atoms with E-state index in [1.807, 2.05) is 25.6 Å². The summed E-state index contributed by atoms with van der Waals surface area (Å²) in [5.41, 5.74) is 8.30. The molecule has 0 bridgehead atoms. The van der Waals surface area contributed by atoms with Crippen molar-refractivity contribution in [3.05, 3.63) is 18.6 Å². The highest BCUT2D eigenvalue weighted by molar-refractivity contribution is 5.86. The molecule has 5 heteroatoms. The maximum Gasteiger partial charge on any atom is 0.156 e. The Morgan fingerprint density at radius 3 is 2.95 bits per heavy atom. The van der Waals surface area contributed by atoms with Crippen LogP contribution in [0.4, 0.5) is 5.82 Å². The summed E-state index contributed by atoms with van der Waals surface area (Å²) in [5.74, 6) is 2.57. The summed E-state index contributed by atoms with van der Waals surface area (Å²) in [6.07, 6.45) is 7.37. The van der Waals surface area contributed by atoms with Crippen molar-refractivity contribution in [3.63, 3.8) is 0 Å². The van der Waals surface area contributed by atoms with E-state index in [1.165, 1.54) is 19.3 Å². The van der Waals surface area contributed by atoms with Crippen LogP contribution in [0, 0.1) is 11.8 Å². The van der Waals surface area contributed by atoms with Gasteiger partial charge in [0, 0.05) is 32.4 Å². The second-order valence-electron chi connectivity index (χ2n) is 6.36. The molecule has 1 unspecified atom stereocenters. The average Bonchev–Trinajstić information content (AvgIpc) is 3.02. The van der Waals surface area contributed by atoms with Crippen molar-refractivity contribution in [2.45, 2.75) is 25.3 Å². The van der Waals surface area contributed by atoms with E-state index in [0.717, 1.165) is 41.8 Å². The Labute approximate surface area is 118 Å². The van der Waals surface area contributed by atoms with E-state index in [-0.39, 0.29) is 0 Å². The molecule has 1 saturated heterocycles. The zero-order valence-electron chi connectivity index (χ0n) is 11.9. The topological polar surface area (TPSA) is 60.0 Å². The number of imidazole rings is 1. The Morgan fingerprint density at radius 1 is 1.20 bits per heavy atom. The van der Waals surface area contributed by atoms with Gasteiger partial charge < -0.3 is 15.2 Å². The SMILES string of the molecule is Cn1cnc2c(N3C[C@H]4CCC(N)C[C@H]4C3)nccc21. The van der Waals surface area contributed by atoms with Crippen LogP contribution < -0.4 is 10.6 Å². The zero-order valence-corrected chi connectivity index (χ0v) is 11.9. The summed E-state index contributed by atoms with van der Waals surface area (Å²) in [4.78, 5) is 11.5. The summed E-state index contributed by atoms with van der Waals surface area (Å²) < 4.78 is 2.06. The lowest BCUT2D eigenvalue weighted by Crippen LogP contribution is -2.32. The zero-order chi connectivity index (χ0) is 13.7. The van der Waals surface area contributed by atoms with Gasteiger partial charge >= 0.3 is 0 Å². The normalized spacial score (nSPS) is 29.9. The minimum atomic E-state index is 0.398. The molecule has 2 aromatic rings. The standard InChI is InChI=1S/C15H21N5/c1-19-9-18-14-13(19)4-5-17-15(14)20-7-10-2-3-12(16)6-11(10)8-20/h4-5,9-12H,2-3,6-8,16H2,1H3/t10-,11+,12?/m1/s1. The van der Waals surface area contributed by atoms with Crippen LogP contribution >= 0.6 is 0 Å². The summed E-state index contributed by atoms with van der Waals surface area (Å²) >= 11 is 0. The van der Waals surface area contributed by atoms with E-state index in [0.29, 0.717) is 6.04 Å². The molecule has 3 atom stereocenters. The molecule has 2 aromatic heterocycles. The van der Waals surface area contributed by atoms with Gasteiger partial charge in [0.25, 0.3) is 0 Å². The van der Waals surface area contributed by atoms with Gasteiger partial charge in [-0.3, -0.25) is 0 Å². The molecule has 1 aliphatic carbocycles. The van der Waals surface area contributed by atoms with E-state index in [2.05, 4.69) is 19.4 Å². The van der Waals surface area contributed by atoms with Gasteiger partial charge in [-0.1, -0.05) is 0 Å². The second kappa shape index (κ2) is 4.45. The predicted molar refractivity (Wildman–Crippen MR) is 79.5 cm³/mol. The molecular weight excluding hydrogens is 250 g/mol. The van der Waals surface area contributed by atoms with Crippen LogP contribution in [0.3, 0.4) is 0 Å². The smallest absolute Gasteiger partial charge is 0.156 e. The molecule has 0 spiro atoms. The lowest BCUT2D eigenvalue weighted by molar-refractivity contribution is 0.271. The van der Waals surface area contributed by atoms with E-state index < -0.39 is 0 Å². The molecule has 2 N–H and O–H groups in total. The van der Waals surface area contributed by atoms with E-state index in [9.17, 15) is 0 Å². The van der Waals surface area contributed by atoms with Gasteiger partial charge in [0.05, 0.1) is 11.8 Å².